The molecule has 0 amide bonds. The number of para-hydroxylation sites is 1. The fourth-order valence-corrected chi connectivity index (χ4v) is 5.38. The van der Waals surface area contributed by atoms with Crippen molar-refractivity contribution in [3.63, 3.8) is 0 Å². The Labute approximate surface area is 222 Å². The van der Waals surface area contributed by atoms with Gasteiger partial charge in [0.15, 0.2) is 5.82 Å². The number of nitrogen functional groups attached to an aromatic ring is 1. The van der Waals surface area contributed by atoms with Crippen LogP contribution in [0.25, 0.3) is 21.9 Å². The number of hydrogen-bond donors (Lipinski definition) is 1. The quantitative estimate of drug-likeness (QED) is 0.235. The van der Waals surface area contributed by atoms with Gasteiger partial charge in [0, 0.05) is 30.4 Å². The van der Waals surface area contributed by atoms with Crippen LogP contribution in [0.2, 0.25) is 0 Å². The Kier molecular flexibility index (Phi) is 7.52. The average molecular weight is 498 g/mol. The molecule has 1 saturated carbocycles. The van der Waals surface area contributed by atoms with Crippen LogP contribution in [0.3, 0.4) is 0 Å². The van der Waals surface area contributed by atoms with E-state index in [1.54, 1.807) is 0 Å². The van der Waals surface area contributed by atoms with Gasteiger partial charge in [0.2, 0.25) is 0 Å². The van der Waals surface area contributed by atoms with Crippen molar-refractivity contribution in [2.45, 2.75) is 91.3 Å². The van der Waals surface area contributed by atoms with Gasteiger partial charge < -0.3 is 10.3 Å². The first-order chi connectivity index (χ1) is 17.8. The number of nitrogens with zero attached hydrogens (tertiary/aromatic N) is 4. The number of unbranched alkanes of at least 4 members (excludes halogenated alkanes) is 1. The number of rotatable bonds is 11. The van der Waals surface area contributed by atoms with Gasteiger partial charge in [0.05, 0.1) is 11.0 Å². The molecule has 2 N–H and O–H groups in total. The van der Waals surface area contributed by atoms with Gasteiger partial charge in [-0.15, -0.1) is 0 Å². The summed E-state index contributed by atoms with van der Waals surface area (Å²) in [4.78, 5) is 12.3. The summed E-state index contributed by atoms with van der Waals surface area (Å²) in [6.07, 6.45) is 8.77. The second kappa shape index (κ2) is 10.8. The molecule has 37 heavy (non-hydrogen) atoms. The van der Waals surface area contributed by atoms with Gasteiger partial charge in [-0.05, 0) is 69.7 Å². The van der Waals surface area contributed by atoms with Gasteiger partial charge >= 0.3 is 0 Å². The van der Waals surface area contributed by atoms with Crippen molar-refractivity contribution in [2.24, 2.45) is 5.92 Å². The second-order valence-corrected chi connectivity index (χ2v) is 11.9. The summed E-state index contributed by atoms with van der Waals surface area (Å²) in [6.45, 7) is 12.2. The van der Waals surface area contributed by atoms with Crippen molar-refractivity contribution >= 4 is 27.8 Å². The van der Waals surface area contributed by atoms with Crippen molar-refractivity contribution in [3.8, 4) is 0 Å². The normalized spacial score (nSPS) is 14.3. The third kappa shape index (κ3) is 5.98. The highest BCUT2D eigenvalue weighted by Gasteiger charge is 2.24. The maximum atomic E-state index is 6.39. The number of nitrogens with two attached hydrogens (primary N) is 1. The fraction of sp³-hybridized carbons (Fsp3) is 0.500. The summed E-state index contributed by atoms with van der Waals surface area (Å²) in [5.41, 5.74) is 12.1. The summed E-state index contributed by atoms with van der Waals surface area (Å²) in [5, 5.41) is 1.12. The van der Waals surface area contributed by atoms with Crippen LogP contribution in [0.4, 0.5) is 5.82 Å². The molecule has 196 valence electrons. The number of pyridine rings is 1. The highest BCUT2D eigenvalue weighted by atomic mass is 15.2. The van der Waals surface area contributed by atoms with Crippen LogP contribution in [0.15, 0.2) is 48.5 Å². The molecule has 0 unspecified atom stereocenters. The second-order valence-electron chi connectivity index (χ2n) is 11.9. The van der Waals surface area contributed by atoms with E-state index >= 15 is 0 Å². The number of benzene rings is 2. The largest absolute Gasteiger partial charge is 0.382 e. The van der Waals surface area contributed by atoms with Crippen LogP contribution in [0, 0.1) is 5.92 Å². The summed E-state index contributed by atoms with van der Waals surface area (Å²) in [6, 6.07) is 17.5. The summed E-state index contributed by atoms with van der Waals surface area (Å²) in [5.74, 6) is 2.62. The molecule has 1 aliphatic carbocycles. The molecular formula is C32H43N5. The third-order valence-electron chi connectivity index (χ3n) is 7.87. The lowest BCUT2D eigenvalue weighted by Crippen LogP contribution is -2.41. The zero-order valence-electron chi connectivity index (χ0n) is 23.1. The molecule has 5 nitrogen and oxygen atoms in total. The monoisotopic (exact) mass is 497 g/mol. The smallest absolute Gasteiger partial charge is 0.152 e. The molecule has 0 saturated heterocycles. The van der Waals surface area contributed by atoms with Crippen molar-refractivity contribution in [3.05, 3.63) is 65.5 Å². The molecule has 5 heteroatoms. The molecule has 1 fully saturated rings. The van der Waals surface area contributed by atoms with E-state index in [1.165, 1.54) is 43.4 Å². The number of aromatic nitrogens is 3. The van der Waals surface area contributed by atoms with E-state index in [1.807, 2.05) is 12.1 Å². The summed E-state index contributed by atoms with van der Waals surface area (Å²) < 4.78 is 2.37. The number of aryl methyl sites for hydroxylation is 1. The zero-order valence-corrected chi connectivity index (χ0v) is 23.1. The fourth-order valence-electron chi connectivity index (χ4n) is 5.38. The number of anilines is 1. The zero-order chi connectivity index (χ0) is 26.0. The third-order valence-corrected chi connectivity index (χ3v) is 7.87. The van der Waals surface area contributed by atoms with Crippen molar-refractivity contribution in [2.75, 3.05) is 12.3 Å². The van der Waals surface area contributed by atoms with E-state index in [2.05, 4.69) is 78.5 Å². The van der Waals surface area contributed by atoms with Gasteiger partial charge in [0.1, 0.15) is 11.3 Å². The lowest BCUT2D eigenvalue weighted by molar-refractivity contribution is 0.124. The van der Waals surface area contributed by atoms with E-state index in [4.69, 9.17) is 10.7 Å². The topological polar surface area (TPSA) is 60.0 Å². The first kappa shape index (κ1) is 25.7. The lowest BCUT2D eigenvalue weighted by Gasteiger charge is -2.36. The maximum Gasteiger partial charge on any atom is 0.152 e. The molecule has 4 aromatic rings. The Morgan fingerprint density at radius 2 is 1.70 bits per heavy atom. The van der Waals surface area contributed by atoms with E-state index in [0.717, 1.165) is 66.0 Å². The van der Waals surface area contributed by atoms with Gasteiger partial charge in [0.25, 0.3) is 0 Å². The molecule has 0 aliphatic heterocycles. The Balaban J connectivity index is 1.40. The SMILES string of the molecule is CCCCc1nc2c(N)nc3ccccc3c2n1Cc1ccc(CN(CCCC2CC2)C(C)(C)C)cc1. The lowest BCUT2D eigenvalue weighted by atomic mass is 10.0. The predicted octanol–water partition coefficient (Wildman–Crippen LogP) is 7.35. The summed E-state index contributed by atoms with van der Waals surface area (Å²) >= 11 is 0. The Hall–Kier alpha value is -2.92. The first-order valence-electron chi connectivity index (χ1n) is 14.2. The van der Waals surface area contributed by atoms with Crippen molar-refractivity contribution < 1.29 is 0 Å². The molecule has 2 heterocycles. The molecule has 0 bridgehead atoms. The average Bonchev–Trinajstić information content (AvgIpc) is 3.63. The van der Waals surface area contributed by atoms with Crippen LogP contribution in [0.1, 0.15) is 83.2 Å². The van der Waals surface area contributed by atoms with Gasteiger partial charge in [-0.2, -0.15) is 0 Å². The van der Waals surface area contributed by atoms with E-state index in [-0.39, 0.29) is 5.54 Å². The molecule has 5 rings (SSSR count). The Morgan fingerprint density at radius 3 is 2.41 bits per heavy atom. The molecule has 0 atom stereocenters. The molecule has 1 aliphatic rings. The minimum Gasteiger partial charge on any atom is -0.382 e. The van der Waals surface area contributed by atoms with Crippen molar-refractivity contribution in [1.29, 1.82) is 0 Å². The number of imidazole rings is 1. The van der Waals surface area contributed by atoms with E-state index < -0.39 is 0 Å². The van der Waals surface area contributed by atoms with Crippen LogP contribution in [-0.2, 0) is 19.5 Å². The van der Waals surface area contributed by atoms with Crippen molar-refractivity contribution in [1.82, 2.24) is 19.4 Å². The predicted molar refractivity (Wildman–Crippen MR) is 156 cm³/mol. The number of fused-ring (bicyclic) bond motifs is 3. The minimum atomic E-state index is 0.168. The first-order valence-corrected chi connectivity index (χ1v) is 14.2. The van der Waals surface area contributed by atoms with Gasteiger partial charge in [-0.1, -0.05) is 68.7 Å². The molecule has 2 aromatic carbocycles. The molecule has 0 spiro atoms. The minimum absolute atomic E-state index is 0.168. The number of hydrogen-bond acceptors (Lipinski definition) is 4. The van der Waals surface area contributed by atoms with E-state index in [9.17, 15) is 0 Å². The maximum absolute atomic E-state index is 6.39. The van der Waals surface area contributed by atoms with Crippen LogP contribution in [0.5, 0.6) is 0 Å². The highest BCUT2D eigenvalue weighted by Crippen LogP contribution is 2.34. The van der Waals surface area contributed by atoms with E-state index in [0.29, 0.717) is 5.82 Å². The molecule has 2 aromatic heterocycles. The Bertz CT molecular complexity index is 1340. The summed E-state index contributed by atoms with van der Waals surface area (Å²) in [7, 11) is 0. The molecular weight excluding hydrogens is 454 g/mol. The Morgan fingerprint density at radius 1 is 0.973 bits per heavy atom. The highest BCUT2D eigenvalue weighted by molar-refractivity contribution is 6.06. The molecule has 0 radical (unpaired) electrons. The van der Waals surface area contributed by atoms with Crippen LogP contribution < -0.4 is 5.73 Å². The standard InChI is InChI=1S/C32H43N5/c1-5-6-13-28-35-29-30(26-11-7-8-12-27(26)34-31(29)33)37(28)22-25-18-16-24(17-19-25)21-36(32(2,3)4)20-9-10-23-14-15-23/h7-8,11-12,16-19,23H,5-6,9-10,13-15,20-22H2,1-4H3,(H2,33,34). The van der Waals surface area contributed by atoms with Gasteiger partial charge in [-0.3, -0.25) is 4.90 Å². The van der Waals surface area contributed by atoms with Gasteiger partial charge in [-0.25, -0.2) is 9.97 Å². The van der Waals surface area contributed by atoms with Crippen LogP contribution >= 0.6 is 0 Å². The van der Waals surface area contributed by atoms with Crippen LogP contribution in [-0.4, -0.2) is 31.5 Å².